The van der Waals surface area contributed by atoms with Crippen LogP contribution in [-0.2, 0) is 25.6 Å². The molecule has 1 aromatic rings. The second-order valence-electron chi connectivity index (χ2n) is 14.0. The van der Waals surface area contributed by atoms with E-state index in [9.17, 15) is 9.59 Å². The lowest BCUT2D eigenvalue weighted by molar-refractivity contribution is -0.197. The van der Waals surface area contributed by atoms with E-state index in [1.807, 2.05) is 0 Å². The molecule has 4 aliphatic carbocycles. The van der Waals surface area contributed by atoms with Crippen molar-refractivity contribution in [3.8, 4) is 0 Å². The maximum atomic E-state index is 12.5. The highest BCUT2D eigenvalue weighted by Gasteiger charge is 2.65. The van der Waals surface area contributed by atoms with Gasteiger partial charge in [-0.3, -0.25) is 9.59 Å². The van der Waals surface area contributed by atoms with Crippen LogP contribution < -0.4 is 5.32 Å². The molecule has 0 spiro atoms. The van der Waals surface area contributed by atoms with Crippen LogP contribution in [0.4, 0.5) is 0 Å². The number of nitrogens with one attached hydrogen (secondary N) is 1. The lowest BCUT2D eigenvalue weighted by Crippen LogP contribution is -2.59. The molecule has 1 aromatic carbocycles. The molecule has 4 aliphatic rings. The summed E-state index contributed by atoms with van der Waals surface area (Å²) in [5.41, 5.74) is 1.62. The molecule has 0 heterocycles. The fourth-order valence-corrected chi connectivity index (χ4v) is 10.2. The third kappa shape index (κ3) is 5.54. The lowest BCUT2D eigenvalue weighted by atomic mass is 9.43. The van der Waals surface area contributed by atoms with Gasteiger partial charge in [0.15, 0.2) is 0 Å². The molecule has 0 aliphatic heterocycles. The van der Waals surface area contributed by atoms with Gasteiger partial charge in [0.2, 0.25) is 0 Å². The normalized spacial score (nSPS) is 40.1. The van der Waals surface area contributed by atoms with Gasteiger partial charge in [-0.15, -0.1) is 0 Å². The Morgan fingerprint density at radius 2 is 1.69 bits per heavy atom. The Morgan fingerprint density at radius 1 is 0.949 bits per heavy atom. The van der Waals surface area contributed by atoms with Crippen molar-refractivity contribution in [1.82, 2.24) is 5.32 Å². The smallest absolute Gasteiger partial charge is 0.302 e. The number of hydrogen-bond acceptors (Lipinski definition) is 5. The molecule has 0 saturated heterocycles. The van der Waals surface area contributed by atoms with Gasteiger partial charge in [0.25, 0.3) is 0 Å². The molecule has 0 bridgehead atoms. The SMILES string of the molecule is CC(=O)O[C@@H]1CC[C@@]2(C)[C@H](CC[C@@H]3[C@@H]2C[C@H](OC(C)=O)[C@]2(C)[C@@H]([C@H](C)CCNCc4ccccc4)CC[C@@H]32)C1. The first kappa shape index (κ1) is 28.6. The van der Waals surface area contributed by atoms with Gasteiger partial charge in [-0.2, -0.15) is 0 Å². The molecule has 4 fully saturated rings. The van der Waals surface area contributed by atoms with Gasteiger partial charge in [-0.05, 0) is 111 Å². The number of esters is 2. The van der Waals surface area contributed by atoms with Gasteiger partial charge < -0.3 is 14.8 Å². The van der Waals surface area contributed by atoms with Crippen molar-refractivity contribution in [2.24, 2.45) is 46.3 Å². The molecule has 4 saturated carbocycles. The van der Waals surface area contributed by atoms with Crippen LogP contribution in [0.1, 0.15) is 98.0 Å². The Hall–Kier alpha value is -1.88. The quantitative estimate of drug-likeness (QED) is 0.288. The highest BCUT2D eigenvalue weighted by Crippen LogP contribution is 2.69. The van der Waals surface area contributed by atoms with Gasteiger partial charge in [-0.1, -0.05) is 51.1 Å². The van der Waals surface area contributed by atoms with Crippen LogP contribution in [0.25, 0.3) is 0 Å². The number of rotatable bonds is 8. The minimum atomic E-state index is -0.151. The van der Waals surface area contributed by atoms with Gasteiger partial charge in [0, 0.05) is 25.8 Å². The van der Waals surface area contributed by atoms with E-state index in [2.05, 4.69) is 56.4 Å². The first-order valence-electron chi connectivity index (χ1n) is 15.7. The largest absolute Gasteiger partial charge is 0.463 e. The first-order valence-corrected chi connectivity index (χ1v) is 15.7. The van der Waals surface area contributed by atoms with E-state index in [1.165, 1.54) is 38.2 Å². The molecular weight excluding hydrogens is 486 g/mol. The summed E-state index contributed by atoms with van der Waals surface area (Å²) >= 11 is 0. The van der Waals surface area contributed by atoms with E-state index >= 15 is 0 Å². The molecule has 39 heavy (non-hydrogen) atoms. The molecule has 0 unspecified atom stereocenters. The number of fused-ring (bicyclic) bond motifs is 5. The molecule has 5 nitrogen and oxygen atoms in total. The minimum absolute atomic E-state index is 0.00440. The predicted octanol–water partition coefficient (Wildman–Crippen LogP) is 6.93. The highest BCUT2D eigenvalue weighted by molar-refractivity contribution is 5.66. The molecule has 216 valence electrons. The average molecular weight is 538 g/mol. The number of hydrogen-bond donors (Lipinski definition) is 1. The highest BCUT2D eigenvalue weighted by atomic mass is 16.5. The van der Waals surface area contributed by atoms with Gasteiger partial charge in [0.1, 0.15) is 12.2 Å². The van der Waals surface area contributed by atoms with Crippen LogP contribution in [0.5, 0.6) is 0 Å². The van der Waals surface area contributed by atoms with Gasteiger partial charge in [-0.25, -0.2) is 0 Å². The molecule has 0 aromatic heterocycles. The zero-order chi connectivity index (χ0) is 27.8. The third-order valence-corrected chi connectivity index (χ3v) is 12.0. The second-order valence-corrected chi connectivity index (χ2v) is 14.0. The predicted molar refractivity (Wildman–Crippen MR) is 154 cm³/mol. The molecule has 0 radical (unpaired) electrons. The zero-order valence-corrected chi connectivity index (χ0v) is 24.9. The summed E-state index contributed by atoms with van der Waals surface area (Å²) in [6.07, 6.45) is 10.3. The van der Waals surface area contributed by atoms with Gasteiger partial charge >= 0.3 is 11.9 Å². The molecule has 0 amide bonds. The summed E-state index contributed by atoms with van der Waals surface area (Å²) in [6, 6.07) is 10.6. The number of benzene rings is 1. The average Bonchev–Trinajstić information content (AvgIpc) is 3.26. The Kier molecular flexibility index (Phi) is 8.48. The Morgan fingerprint density at radius 3 is 2.41 bits per heavy atom. The maximum absolute atomic E-state index is 12.5. The van der Waals surface area contributed by atoms with Crippen molar-refractivity contribution in [1.29, 1.82) is 0 Å². The fraction of sp³-hybridized carbons (Fsp3) is 0.765. The number of ether oxygens (including phenoxy) is 2. The van der Waals surface area contributed by atoms with Crippen molar-refractivity contribution >= 4 is 11.9 Å². The Labute approximate surface area is 236 Å². The Bertz CT molecular complexity index is 1010. The monoisotopic (exact) mass is 537 g/mol. The summed E-state index contributed by atoms with van der Waals surface area (Å²) in [4.78, 5) is 24.1. The molecule has 10 atom stereocenters. The van der Waals surface area contributed by atoms with Gasteiger partial charge in [0.05, 0.1) is 0 Å². The van der Waals surface area contributed by atoms with Crippen LogP contribution in [-0.4, -0.2) is 30.7 Å². The lowest BCUT2D eigenvalue weighted by Gasteiger charge is -2.62. The van der Waals surface area contributed by atoms with Crippen LogP contribution in [0.2, 0.25) is 0 Å². The van der Waals surface area contributed by atoms with E-state index in [0.29, 0.717) is 35.5 Å². The van der Waals surface area contributed by atoms with E-state index in [4.69, 9.17) is 9.47 Å². The summed E-state index contributed by atoms with van der Waals surface area (Å²) < 4.78 is 12.0. The van der Waals surface area contributed by atoms with E-state index in [-0.39, 0.29) is 35.0 Å². The van der Waals surface area contributed by atoms with E-state index in [1.54, 1.807) is 6.92 Å². The van der Waals surface area contributed by atoms with Crippen molar-refractivity contribution in [2.45, 2.75) is 111 Å². The molecule has 1 N–H and O–H groups in total. The summed E-state index contributed by atoms with van der Waals surface area (Å²) in [6.45, 7) is 12.5. The first-order chi connectivity index (χ1) is 18.6. The topological polar surface area (TPSA) is 64.6 Å². The molecule has 5 rings (SSSR count). The third-order valence-electron chi connectivity index (χ3n) is 12.0. The van der Waals surface area contributed by atoms with E-state index < -0.39 is 0 Å². The van der Waals surface area contributed by atoms with Crippen molar-refractivity contribution in [2.75, 3.05) is 6.54 Å². The van der Waals surface area contributed by atoms with Crippen LogP contribution in [0.15, 0.2) is 30.3 Å². The van der Waals surface area contributed by atoms with Crippen LogP contribution in [0, 0.1) is 46.3 Å². The minimum Gasteiger partial charge on any atom is -0.463 e. The summed E-state index contributed by atoms with van der Waals surface area (Å²) in [5, 5.41) is 3.66. The fourth-order valence-electron chi connectivity index (χ4n) is 10.2. The standard InChI is InChI=1S/C34H51NO4/c1-22(16-18-35-21-25-9-7-6-8-10-25)29-13-14-30-28-12-11-26-19-27(38-23(2)36)15-17-33(26,4)31(28)20-32(34(29,30)5)39-24(3)37/h6-10,22,26-32,35H,11-21H2,1-5H3/t22-,26-,27-,28+,29-,30+,31+,32+,33+,34-/m1/s1. The summed E-state index contributed by atoms with van der Waals surface area (Å²) in [7, 11) is 0. The van der Waals surface area contributed by atoms with Crippen molar-refractivity contribution in [3.05, 3.63) is 35.9 Å². The van der Waals surface area contributed by atoms with E-state index in [0.717, 1.165) is 45.2 Å². The second kappa shape index (κ2) is 11.5. The van der Waals surface area contributed by atoms with Crippen molar-refractivity contribution in [3.63, 3.8) is 0 Å². The van der Waals surface area contributed by atoms with Crippen LogP contribution >= 0.6 is 0 Å². The molecular formula is C34H51NO4. The van der Waals surface area contributed by atoms with Crippen LogP contribution in [0.3, 0.4) is 0 Å². The number of carbonyl (C=O) groups is 2. The zero-order valence-electron chi connectivity index (χ0n) is 24.9. The maximum Gasteiger partial charge on any atom is 0.302 e. The van der Waals surface area contributed by atoms with Crippen molar-refractivity contribution < 1.29 is 19.1 Å². The number of carbonyl (C=O) groups excluding carboxylic acids is 2. The molecule has 5 heteroatoms. The summed E-state index contributed by atoms with van der Waals surface area (Å²) in [5.74, 6) is 3.39. The Balaban J connectivity index is 1.30.